The molecule has 1 atom stereocenters. The molecule has 17 heteroatoms. The number of esters is 1. The molecule has 6 heterocycles. The van der Waals surface area contributed by atoms with Gasteiger partial charge in [-0.25, -0.2) is 28.5 Å². The van der Waals surface area contributed by atoms with Crippen LogP contribution in [0, 0.1) is 25.5 Å². The summed E-state index contributed by atoms with van der Waals surface area (Å²) in [4.78, 5) is 44.7. The second-order valence-corrected chi connectivity index (χ2v) is 16.0. The standard InChI is InChI=1S/C31H27FN4O5.C21H19FN2O4/c1-19-2-6-28(25(32)12-19)40-18-22-15-23(8-10-33-22)41-30-7-3-20(16-34-30)13-29-35-26-5-4-21(31(37)38)14-27(26)36(29)17-24-9-11-39-24;1-14-3-5-19(18(22)9-14)27-13-16-11-17(7-8-23-16)28-20-6-4-15(12-24-20)10-21(25)26-2/h2-8,10,12,14-16,24H,9,11,13,17-18H2,1H3,(H,37,38);3-9,11-12H,10,13H2,1-2H3/t24-;/m0./s1. The molecule has 3 aromatic carbocycles. The van der Waals surface area contributed by atoms with E-state index in [0.717, 1.165) is 52.1 Å². The zero-order chi connectivity index (χ0) is 48.3. The van der Waals surface area contributed by atoms with E-state index in [0.29, 0.717) is 47.6 Å². The summed E-state index contributed by atoms with van der Waals surface area (Å²) >= 11 is 0. The van der Waals surface area contributed by atoms with Crippen LogP contribution >= 0.6 is 0 Å². The van der Waals surface area contributed by atoms with E-state index in [9.17, 15) is 23.5 Å². The molecule has 0 spiro atoms. The van der Waals surface area contributed by atoms with E-state index in [2.05, 4.69) is 24.7 Å². The second kappa shape index (κ2) is 22.0. The van der Waals surface area contributed by atoms with Gasteiger partial charge in [0.15, 0.2) is 23.1 Å². The third-order valence-corrected chi connectivity index (χ3v) is 10.7. The molecule has 1 fully saturated rings. The van der Waals surface area contributed by atoms with E-state index in [1.54, 1.807) is 110 Å². The summed E-state index contributed by atoms with van der Waals surface area (Å²) < 4.78 is 62.9. The highest BCUT2D eigenvalue weighted by Crippen LogP contribution is 2.27. The third kappa shape index (κ3) is 12.8. The SMILES string of the molecule is COC(=O)Cc1ccc(Oc2ccnc(COc3ccc(C)cc3F)c2)nc1.Cc1ccc(OCc2cc(Oc3ccc(Cc4nc5ccc(C(=O)O)cc5n4C[C@@H]4CCO4)cn3)ccn2)c(F)c1. The van der Waals surface area contributed by atoms with E-state index in [4.69, 9.17) is 28.7 Å². The highest BCUT2D eigenvalue weighted by Gasteiger charge is 2.23. The third-order valence-electron chi connectivity index (χ3n) is 10.7. The number of fused-ring (bicyclic) bond motifs is 1. The van der Waals surface area contributed by atoms with Crippen LogP contribution in [-0.2, 0) is 46.9 Å². The van der Waals surface area contributed by atoms with Crippen molar-refractivity contribution in [1.82, 2.24) is 29.5 Å². The van der Waals surface area contributed by atoms with Crippen LogP contribution in [0.15, 0.2) is 128 Å². The summed E-state index contributed by atoms with van der Waals surface area (Å²) in [5.41, 5.74) is 6.18. The molecule has 1 aliphatic rings. The van der Waals surface area contributed by atoms with Gasteiger partial charge in [0.25, 0.3) is 0 Å². The van der Waals surface area contributed by atoms with Crippen molar-refractivity contribution in [1.29, 1.82) is 0 Å². The van der Waals surface area contributed by atoms with Crippen LogP contribution in [0.5, 0.6) is 34.8 Å². The van der Waals surface area contributed by atoms with Crippen LogP contribution in [0.25, 0.3) is 11.0 Å². The van der Waals surface area contributed by atoms with Crippen LogP contribution in [0.3, 0.4) is 0 Å². The van der Waals surface area contributed by atoms with Crippen LogP contribution in [-0.4, -0.2) is 66.4 Å². The molecule has 69 heavy (non-hydrogen) atoms. The van der Waals surface area contributed by atoms with Crippen LogP contribution in [0.1, 0.15) is 56.2 Å². The summed E-state index contributed by atoms with van der Waals surface area (Å²) in [6, 6.07) is 28.4. The first-order valence-corrected chi connectivity index (χ1v) is 21.8. The largest absolute Gasteiger partial charge is 0.484 e. The molecule has 0 saturated carbocycles. The number of nitrogens with zero attached hydrogens (tertiary/aromatic N) is 6. The first-order chi connectivity index (χ1) is 33.4. The average Bonchev–Trinajstić information content (AvgIpc) is 3.66. The van der Waals surface area contributed by atoms with E-state index >= 15 is 0 Å². The van der Waals surface area contributed by atoms with Crippen LogP contribution in [0.4, 0.5) is 8.78 Å². The molecule has 5 aromatic heterocycles. The molecule has 0 unspecified atom stereocenters. The molecule has 9 rings (SSSR count). The Kier molecular flexibility index (Phi) is 15.0. The lowest BCUT2D eigenvalue weighted by atomic mass is 10.1. The van der Waals surface area contributed by atoms with Gasteiger partial charge in [0.1, 0.15) is 30.5 Å². The lowest BCUT2D eigenvalue weighted by Gasteiger charge is -2.27. The zero-order valence-corrected chi connectivity index (χ0v) is 37.8. The Morgan fingerprint density at radius 3 is 1.80 bits per heavy atom. The fourth-order valence-corrected chi connectivity index (χ4v) is 7.04. The van der Waals surface area contributed by atoms with Gasteiger partial charge >= 0.3 is 11.9 Å². The van der Waals surface area contributed by atoms with Crippen molar-refractivity contribution < 1.29 is 51.9 Å². The topological polar surface area (TPSA) is 179 Å². The zero-order valence-electron chi connectivity index (χ0n) is 37.8. The molecule has 0 radical (unpaired) electrons. The van der Waals surface area contributed by atoms with E-state index < -0.39 is 17.6 Å². The minimum atomic E-state index is -0.977. The molecule has 8 aromatic rings. The van der Waals surface area contributed by atoms with E-state index in [1.165, 1.54) is 19.2 Å². The summed E-state index contributed by atoms with van der Waals surface area (Å²) in [5.74, 6) is 0.813. The van der Waals surface area contributed by atoms with Crippen molar-refractivity contribution in [2.45, 2.75) is 59.0 Å². The number of pyridine rings is 4. The number of aromatic carboxylic acids is 1. The smallest absolute Gasteiger partial charge is 0.335 e. The Morgan fingerprint density at radius 1 is 0.725 bits per heavy atom. The Hall–Kier alpha value is -8.31. The minimum absolute atomic E-state index is 0.0834. The average molecular weight is 937 g/mol. The first kappa shape index (κ1) is 47.2. The number of methoxy groups -OCH3 is 1. The fraction of sp³-hybridized carbons (Fsp3) is 0.212. The number of carbonyl (C=O) groups is 2. The molecule has 0 aliphatic carbocycles. The van der Waals surface area contributed by atoms with Gasteiger partial charge in [-0.05, 0) is 97.1 Å². The van der Waals surface area contributed by atoms with Gasteiger partial charge in [0.2, 0.25) is 11.8 Å². The first-order valence-electron chi connectivity index (χ1n) is 21.8. The number of hydrogen-bond acceptors (Lipinski definition) is 13. The minimum Gasteiger partial charge on any atom is -0.484 e. The molecule has 352 valence electrons. The van der Waals surface area contributed by atoms with Crippen LogP contribution in [0.2, 0.25) is 0 Å². The van der Waals surface area contributed by atoms with Gasteiger partial charge in [0.05, 0.1) is 54.2 Å². The quantitative estimate of drug-likeness (QED) is 0.0853. The lowest BCUT2D eigenvalue weighted by molar-refractivity contribution is -0.139. The van der Waals surface area contributed by atoms with Crippen molar-refractivity contribution in [2.24, 2.45) is 0 Å². The Morgan fingerprint density at radius 2 is 1.30 bits per heavy atom. The number of carboxylic acid groups (broad SMARTS) is 1. The second-order valence-electron chi connectivity index (χ2n) is 16.0. The number of hydrogen-bond donors (Lipinski definition) is 1. The normalized spacial score (nSPS) is 12.9. The van der Waals surface area contributed by atoms with Crippen molar-refractivity contribution in [3.05, 3.63) is 185 Å². The number of carboxylic acids is 1. The molecule has 1 N–H and O–H groups in total. The Bertz CT molecular complexity index is 3070. The number of imidazole rings is 1. The summed E-state index contributed by atoms with van der Waals surface area (Å²) in [6.07, 6.45) is 8.15. The van der Waals surface area contributed by atoms with Gasteiger partial charge < -0.3 is 38.1 Å². The molecular weight excluding hydrogens is 891 g/mol. The van der Waals surface area contributed by atoms with Crippen molar-refractivity contribution in [3.8, 4) is 34.8 Å². The monoisotopic (exact) mass is 936 g/mol. The number of rotatable bonds is 17. The predicted molar refractivity (Wildman–Crippen MR) is 248 cm³/mol. The highest BCUT2D eigenvalue weighted by atomic mass is 19.1. The van der Waals surface area contributed by atoms with E-state index in [-0.39, 0.29) is 48.8 Å². The van der Waals surface area contributed by atoms with Crippen LogP contribution < -0.4 is 18.9 Å². The van der Waals surface area contributed by atoms with Gasteiger partial charge in [-0.2, -0.15) is 0 Å². The number of aromatic nitrogens is 6. The number of carbonyl (C=O) groups excluding carboxylic acids is 1. The number of halogens is 2. The number of aryl methyl sites for hydroxylation is 2. The van der Waals surface area contributed by atoms with E-state index in [1.807, 2.05) is 24.5 Å². The maximum atomic E-state index is 14.1. The van der Waals surface area contributed by atoms with Crippen molar-refractivity contribution in [3.63, 3.8) is 0 Å². The fourth-order valence-electron chi connectivity index (χ4n) is 7.04. The molecule has 1 aliphatic heterocycles. The maximum Gasteiger partial charge on any atom is 0.335 e. The van der Waals surface area contributed by atoms with Gasteiger partial charge in [-0.1, -0.05) is 24.3 Å². The van der Waals surface area contributed by atoms with Crippen molar-refractivity contribution in [2.75, 3.05) is 13.7 Å². The van der Waals surface area contributed by atoms with Crippen molar-refractivity contribution >= 4 is 23.0 Å². The molecule has 15 nitrogen and oxygen atoms in total. The predicted octanol–water partition coefficient (Wildman–Crippen LogP) is 9.73. The molecule has 0 amide bonds. The number of benzene rings is 3. The Labute approximate surface area is 395 Å². The maximum absolute atomic E-state index is 14.1. The Balaban J connectivity index is 0.000000201. The van der Waals surface area contributed by atoms with Gasteiger partial charge in [0, 0.05) is 62.1 Å². The molecule has 1 saturated heterocycles. The highest BCUT2D eigenvalue weighted by molar-refractivity contribution is 5.92. The summed E-state index contributed by atoms with van der Waals surface area (Å²) in [6.45, 7) is 5.15. The molecule has 0 bridgehead atoms. The molecular formula is C52H46F2N6O9. The summed E-state index contributed by atoms with van der Waals surface area (Å²) in [5, 5.41) is 9.46. The lowest BCUT2D eigenvalue weighted by Crippen LogP contribution is -2.31. The van der Waals surface area contributed by atoms with Gasteiger partial charge in [-0.3, -0.25) is 14.8 Å². The number of ether oxygens (including phenoxy) is 6. The summed E-state index contributed by atoms with van der Waals surface area (Å²) in [7, 11) is 1.34. The van der Waals surface area contributed by atoms with Gasteiger partial charge in [-0.15, -0.1) is 0 Å².